The van der Waals surface area contributed by atoms with Crippen molar-refractivity contribution in [3.63, 3.8) is 0 Å². The van der Waals surface area contributed by atoms with Gasteiger partial charge in [-0.15, -0.1) is 0 Å². The molecule has 0 spiro atoms. The first-order valence-electron chi connectivity index (χ1n) is 8.25. The van der Waals surface area contributed by atoms with Crippen LogP contribution in [-0.2, 0) is 0 Å². The van der Waals surface area contributed by atoms with Gasteiger partial charge in [-0.05, 0) is 38.3 Å². The molecule has 1 fully saturated rings. The smallest absolute Gasteiger partial charge is 0.0116 e. The third kappa shape index (κ3) is 8.10. The first kappa shape index (κ1) is 16.0. The molecule has 0 atom stereocenters. The summed E-state index contributed by atoms with van der Waals surface area (Å²) in [6.07, 6.45) is 15.7. The largest absolute Gasteiger partial charge is 0.785 e. The average Bonchev–Trinajstić information content (AvgIpc) is 2.39. The van der Waals surface area contributed by atoms with Gasteiger partial charge in [0, 0.05) is 0 Å². The van der Waals surface area contributed by atoms with Crippen molar-refractivity contribution in [2.75, 3.05) is 13.1 Å². The van der Waals surface area contributed by atoms with E-state index in [-0.39, 0.29) is 0 Å². The highest BCUT2D eigenvalue weighted by Gasteiger charge is 2.13. The Morgan fingerprint density at radius 1 is 0.889 bits per heavy atom. The zero-order chi connectivity index (χ0) is 13.1. The summed E-state index contributed by atoms with van der Waals surface area (Å²) in [6, 6.07) is 0. The lowest BCUT2D eigenvalue weighted by molar-refractivity contribution is 0.251. The van der Waals surface area contributed by atoms with E-state index in [9.17, 15) is 5.21 Å². The minimum atomic E-state index is 0.695. The van der Waals surface area contributed by atoms with Crippen LogP contribution in [0.1, 0.15) is 84.0 Å². The Bertz CT molecular complexity index is 178. The van der Waals surface area contributed by atoms with Crippen molar-refractivity contribution in [1.82, 2.24) is 5.06 Å². The van der Waals surface area contributed by atoms with Gasteiger partial charge in [0.25, 0.3) is 0 Å². The molecule has 0 unspecified atom stereocenters. The van der Waals surface area contributed by atoms with Crippen LogP contribution in [0.3, 0.4) is 0 Å². The van der Waals surface area contributed by atoms with E-state index in [0.717, 1.165) is 19.5 Å². The van der Waals surface area contributed by atoms with Crippen molar-refractivity contribution >= 4 is 0 Å². The molecule has 0 aromatic rings. The molecular weight excluding hydrogens is 222 g/mol. The second-order valence-electron chi connectivity index (χ2n) is 6.01. The zero-order valence-corrected chi connectivity index (χ0v) is 12.3. The summed E-state index contributed by atoms with van der Waals surface area (Å²) in [5.74, 6) is 0.695. The van der Waals surface area contributed by atoms with Crippen molar-refractivity contribution in [2.45, 2.75) is 84.0 Å². The van der Waals surface area contributed by atoms with E-state index in [4.69, 9.17) is 0 Å². The lowest BCUT2D eigenvalue weighted by Gasteiger charge is -2.34. The van der Waals surface area contributed by atoms with Crippen LogP contribution in [0.25, 0.3) is 0 Å². The molecule has 2 heteroatoms. The molecule has 0 saturated heterocycles. The molecular formula is C16H32NO-. The molecule has 1 rings (SSSR count). The molecule has 1 aliphatic rings. The van der Waals surface area contributed by atoms with Gasteiger partial charge in [-0.1, -0.05) is 64.7 Å². The lowest BCUT2D eigenvalue weighted by Crippen LogP contribution is -2.26. The summed E-state index contributed by atoms with van der Waals surface area (Å²) >= 11 is 0. The SMILES string of the molecule is CCCCCCCCCN([O-])CC1CCCCC1. The fourth-order valence-electron chi connectivity index (χ4n) is 2.99. The van der Waals surface area contributed by atoms with E-state index >= 15 is 0 Å². The third-order valence-corrected chi connectivity index (χ3v) is 4.20. The molecule has 0 aromatic carbocycles. The third-order valence-electron chi connectivity index (χ3n) is 4.20. The number of hydrogen-bond acceptors (Lipinski definition) is 2. The fraction of sp³-hybridized carbons (Fsp3) is 1.00. The Kier molecular flexibility index (Phi) is 9.59. The van der Waals surface area contributed by atoms with E-state index in [2.05, 4.69) is 6.92 Å². The first-order valence-corrected chi connectivity index (χ1v) is 8.25. The van der Waals surface area contributed by atoms with Gasteiger partial charge in [-0.25, -0.2) is 0 Å². The molecule has 0 bridgehead atoms. The van der Waals surface area contributed by atoms with Gasteiger partial charge in [0.05, 0.1) is 0 Å². The average molecular weight is 254 g/mol. The molecule has 18 heavy (non-hydrogen) atoms. The maximum atomic E-state index is 11.8. The van der Waals surface area contributed by atoms with Gasteiger partial charge >= 0.3 is 0 Å². The van der Waals surface area contributed by atoms with E-state index in [0.29, 0.717) is 5.92 Å². The Morgan fingerprint density at radius 2 is 1.50 bits per heavy atom. The molecule has 1 saturated carbocycles. The van der Waals surface area contributed by atoms with E-state index in [1.165, 1.54) is 75.7 Å². The highest BCUT2D eigenvalue weighted by molar-refractivity contribution is 4.70. The molecule has 108 valence electrons. The van der Waals surface area contributed by atoms with Crippen molar-refractivity contribution in [3.05, 3.63) is 5.21 Å². The molecule has 1 aliphatic carbocycles. The van der Waals surface area contributed by atoms with Crippen molar-refractivity contribution in [3.8, 4) is 0 Å². The van der Waals surface area contributed by atoms with Gasteiger partial charge in [-0.2, -0.15) is 0 Å². The number of unbranched alkanes of at least 4 members (excludes halogenated alkanes) is 6. The Morgan fingerprint density at radius 3 is 2.17 bits per heavy atom. The lowest BCUT2D eigenvalue weighted by atomic mass is 9.89. The topological polar surface area (TPSA) is 26.3 Å². The normalized spacial score (nSPS) is 17.5. The van der Waals surface area contributed by atoms with Crippen LogP contribution in [0.5, 0.6) is 0 Å². The zero-order valence-electron chi connectivity index (χ0n) is 12.3. The van der Waals surface area contributed by atoms with Crippen LogP contribution in [0.2, 0.25) is 0 Å². The number of nitrogens with zero attached hydrogens (tertiary/aromatic N) is 1. The van der Waals surface area contributed by atoms with Gasteiger partial charge < -0.3 is 10.3 Å². The van der Waals surface area contributed by atoms with Gasteiger partial charge in [0.2, 0.25) is 0 Å². The van der Waals surface area contributed by atoms with Gasteiger partial charge in [-0.3, -0.25) is 0 Å². The summed E-state index contributed by atoms with van der Waals surface area (Å²) in [7, 11) is 0. The minimum Gasteiger partial charge on any atom is -0.785 e. The van der Waals surface area contributed by atoms with Crippen LogP contribution in [0.4, 0.5) is 0 Å². The minimum absolute atomic E-state index is 0.695. The first-order chi connectivity index (χ1) is 8.83. The molecule has 0 amide bonds. The molecule has 0 heterocycles. The summed E-state index contributed by atoms with van der Waals surface area (Å²) in [5.41, 5.74) is 0. The van der Waals surface area contributed by atoms with E-state index in [1.807, 2.05) is 0 Å². The van der Waals surface area contributed by atoms with Crippen LogP contribution in [0, 0.1) is 11.1 Å². The van der Waals surface area contributed by atoms with Gasteiger partial charge in [0.15, 0.2) is 0 Å². The molecule has 0 N–H and O–H groups in total. The standard InChI is InChI=1S/C16H32NO/c1-2-3-4-5-6-7-11-14-17(18)15-16-12-9-8-10-13-16/h16H,2-15H2,1H3/q-1. The van der Waals surface area contributed by atoms with Crippen LogP contribution < -0.4 is 0 Å². The maximum Gasteiger partial charge on any atom is -0.0116 e. The number of rotatable bonds is 10. The maximum absolute atomic E-state index is 11.8. The molecule has 0 aromatic heterocycles. The second-order valence-corrected chi connectivity index (χ2v) is 6.01. The van der Waals surface area contributed by atoms with Gasteiger partial charge in [0.1, 0.15) is 0 Å². The van der Waals surface area contributed by atoms with E-state index < -0.39 is 0 Å². The van der Waals surface area contributed by atoms with Crippen molar-refractivity contribution in [1.29, 1.82) is 0 Å². The highest BCUT2D eigenvalue weighted by atomic mass is 16.5. The number of hydrogen-bond donors (Lipinski definition) is 0. The Balaban J connectivity index is 1.88. The Labute approximate surface area is 114 Å². The predicted molar refractivity (Wildman–Crippen MR) is 79.5 cm³/mol. The van der Waals surface area contributed by atoms with Crippen molar-refractivity contribution < 1.29 is 0 Å². The second kappa shape index (κ2) is 10.8. The summed E-state index contributed by atoms with van der Waals surface area (Å²) in [6.45, 7) is 3.82. The summed E-state index contributed by atoms with van der Waals surface area (Å²) < 4.78 is 0. The summed E-state index contributed by atoms with van der Waals surface area (Å²) in [4.78, 5) is 0. The monoisotopic (exact) mass is 254 g/mol. The Hall–Kier alpha value is -0.0800. The van der Waals surface area contributed by atoms with Crippen LogP contribution >= 0.6 is 0 Å². The van der Waals surface area contributed by atoms with E-state index in [1.54, 1.807) is 0 Å². The highest BCUT2D eigenvalue weighted by Crippen LogP contribution is 2.24. The quantitative estimate of drug-likeness (QED) is 0.399. The summed E-state index contributed by atoms with van der Waals surface area (Å²) in [5, 5.41) is 13.1. The fourth-order valence-corrected chi connectivity index (χ4v) is 2.99. The van der Waals surface area contributed by atoms with Crippen LogP contribution in [0.15, 0.2) is 0 Å². The number of hydroxylamine groups is 2. The molecule has 2 nitrogen and oxygen atoms in total. The molecule has 0 aliphatic heterocycles. The van der Waals surface area contributed by atoms with Crippen molar-refractivity contribution in [2.24, 2.45) is 5.92 Å². The molecule has 0 radical (unpaired) electrons. The van der Waals surface area contributed by atoms with Crippen LogP contribution in [-0.4, -0.2) is 18.2 Å². The predicted octanol–water partition coefficient (Wildman–Crippen LogP) is 5.12.